The van der Waals surface area contributed by atoms with E-state index in [0.717, 1.165) is 11.5 Å². The molecule has 0 amide bonds. The van der Waals surface area contributed by atoms with Gasteiger partial charge < -0.3 is 4.74 Å². The second-order valence-electron chi connectivity index (χ2n) is 2.74. The van der Waals surface area contributed by atoms with Crippen molar-refractivity contribution in [1.29, 1.82) is 0 Å². The molecule has 0 atom stereocenters. The van der Waals surface area contributed by atoms with Gasteiger partial charge in [0.15, 0.2) is 0 Å². The molecule has 0 saturated carbocycles. The predicted molar refractivity (Wildman–Crippen MR) is 59.7 cm³/mol. The van der Waals surface area contributed by atoms with Crippen molar-refractivity contribution in [1.82, 2.24) is 9.36 Å². The molecule has 1 heterocycles. The second-order valence-corrected chi connectivity index (χ2v) is 4.20. The number of aromatic nitrogens is 2. The van der Waals surface area contributed by atoms with Crippen LogP contribution in [-0.2, 0) is 0 Å². The average Bonchev–Trinajstić information content (AvgIpc) is 2.65. The van der Waals surface area contributed by atoms with Crippen LogP contribution in [0.3, 0.4) is 0 Å². The van der Waals surface area contributed by atoms with Crippen LogP contribution in [0.5, 0.6) is 5.75 Å². The molecule has 2 aromatic rings. The quantitative estimate of drug-likeness (QED) is 0.869. The number of hydrogen-bond acceptors (Lipinski definition) is 4. The topological polar surface area (TPSA) is 35.0 Å². The van der Waals surface area contributed by atoms with Crippen molar-refractivity contribution in [3.63, 3.8) is 0 Å². The fourth-order valence-corrected chi connectivity index (χ4v) is 2.27. The van der Waals surface area contributed by atoms with Gasteiger partial charge in [-0.3, -0.25) is 0 Å². The monoisotopic (exact) mass is 306 g/mol. The molecule has 0 spiro atoms. The van der Waals surface area contributed by atoms with Crippen molar-refractivity contribution >= 4 is 27.5 Å². The Hall–Kier alpha value is -1.08. The first-order valence-corrected chi connectivity index (χ1v) is 5.77. The van der Waals surface area contributed by atoms with Crippen LogP contribution in [0.15, 0.2) is 29.0 Å². The summed E-state index contributed by atoms with van der Waals surface area (Å²) in [5.74, 6) is 0.0983. The van der Waals surface area contributed by atoms with Crippen LogP contribution in [0.2, 0.25) is 0 Å². The van der Waals surface area contributed by atoms with E-state index in [2.05, 4.69) is 30.0 Å². The van der Waals surface area contributed by atoms with Crippen LogP contribution in [-0.4, -0.2) is 16.0 Å². The fraction of sp³-hybridized carbons (Fsp3) is 0.111. The highest BCUT2D eigenvalue weighted by Crippen LogP contribution is 2.32. The zero-order chi connectivity index (χ0) is 11.5. The average molecular weight is 307 g/mol. The molecule has 0 radical (unpaired) electrons. The van der Waals surface area contributed by atoms with E-state index in [1.807, 2.05) is 0 Å². The maximum atomic E-state index is 12.2. The normalized spacial score (nSPS) is 10.8. The lowest BCUT2D eigenvalue weighted by Crippen LogP contribution is -2.02. The number of hydrogen-bond donors (Lipinski definition) is 0. The standard InChI is InChI=1S/C9H5BrF2N2OS/c10-8-13-7(16-14-8)5-3-1-2-4-6(5)15-9(11)12/h1-4,9H. The van der Waals surface area contributed by atoms with Crippen molar-refractivity contribution in [2.24, 2.45) is 0 Å². The summed E-state index contributed by atoms with van der Waals surface area (Å²) in [6, 6.07) is 6.47. The summed E-state index contributed by atoms with van der Waals surface area (Å²) < 4.78 is 33.1. The van der Waals surface area contributed by atoms with Crippen LogP contribution >= 0.6 is 27.5 Å². The highest BCUT2D eigenvalue weighted by molar-refractivity contribution is 9.10. The molecule has 0 aliphatic carbocycles. The maximum Gasteiger partial charge on any atom is 0.387 e. The molecule has 1 aromatic heterocycles. The van der Waals surface area contributed by atoms with Crippen molar-refractivity contribution in [3.8, 4) is 16.3 Å². The van der Waals surface area contributed by atoms with Gasteiger partial charge in [0.05, 0.1) is 5.56 Å². The van der Waals surface area contributed by atoms with Crippen molar-refractivity contribution < 1.29 is 13.5 Å². The zero-order valence-corrected chi connectivity index (χ0v) is 10.1. The van der Waals surface area contributed by atoms with Gasteiger partial charge in [-0.25, -0.2) is 4.98 Å². The summed E-state index contributed by atoms with van der Waals surface area (Å²) in [7, 11) is 0. The number of alkyl halides is 2. The predicted octanol–water partition coefficient (Wildman–Crippen LogP) is 3.57. The van der Waals surface area contributed by atoms with Crippen LogP contribution < -0.4 is 4.74 Å². The van der Waals surface area contributed by atoms with Crippen LogP contribution in [0.4, 0.5) is 8.78 Å². The zero-order valence-electron chi connectivity index (χ0n) is 7.73. The highest BCUT2D eigenvalue weighted by Gasteiger charge is 2.13. The van der Waals surface area contributed by atoms with E-state index in [4.69, 9.17) is 0 Å². The Labute approximate surface area is 102 Å². The Morgan fingerprint density at radius 2 is 2.06 bits per heavy atom. The van der Waals surface area contributed by atoms with Gasteiger partial charge in [0, 0.05) is 0 Å². The van der Waals surface area contributed by atoms with Crippen molar-refractivity contribution in [3.05, 3.63) is 29.0 Å². The second kappa shape index (κ2) is 4.84. The van der Waals surface area contributed by atoms with Crippen molar-refractivity contribution in [2.45, 2.75) is 6.61 Å². The lowest BCUT2D eigenvalue weighted by molar-refractivity contribution is -0.0494. The molecule has 0 bridgehead atoms. The summed E-state index contributed by atoms with van der Waals surface area (Å²) in [4.78, 5) is 4.05. The molecule has 0 fully saturated rings. The molecule has 3 nitrogen and oxygen atoms in total. The third-order valence-electron chi connectivity index (χ3n) is 1.73. The minimum Gasteiger partial charge on any atom is -0.434 e. The van der Waals surface area contributed by atoms with Crippen LogP contribution in [0.1, 0.15) is 0 Å². The molecule has 0 aliphatic rings. The largest absolute Gasteiger partial charge is 0.434 e. The SMILES string of the molecule is FC(F)Oc1ccccc1-c1nc(Br)ns1. The maximum absolute atomic E-state index is 12.2. The molecule has 0 unspecified atom stereocenters. The molecular formula is C9H5BrF2N2OS. The van der Waals surface area contributed by atoms with Crippen LogP contribution in [0, 0.1) is 0 Å². The molecule has 84 valence electrons. The summed E-state index contributed by atoms with van der Waals surface area (Å²) in [5, 5.41) is 0.531. The molecule has 0 N–H and O–H groups in total. The first-order valence-electron chi connectivity index (χ1n) is 4.20. The molecular weight excluding hydrogens is 302 g/mol. The van der Waals surface area contributed by atoms with Gasteiger partial charge >= 0.3 is 6.61 Å². The summed E-state index contributed by atoms with van der Waals surface area (Å²) in [6.07, 6.45) is 0. The summed E-state index contributed by atoms with van der Waals surface area (Å²) in [6.45, 7) is -2.85. The summed E-state index contributed by atoms with van der Waals surface area (Å²) >= 11 is 4.22. The minimum absolute atomic E-state index is 0.0983. The molecule has 2 rings (SSSR count). The van der Waals surface area contributed by atoms with Gasteiger partial charge in [0.2, 0.25) is 4.73 Å². The Kier molecular flexibility index (Phi) is 3.45. The number of rotatable bonds is 3. The van der Waals surface area contributed by atoms with E-state index < -0.39 is 6.61 Å². The Bertz CT molecular complexity index is 492. The lowest BCUT2D eigenvalue weighted by atomic mass is 10.2. The molecule has 7 heteroatoms. The van der Waals surface area contributed by atoms with Crippen molar-refractivity contribution in [2.75, 3.05) is 0 Å². The van der Waals surface area contributed by atoms with E-state index in [-0.39, 0.29) is 5.75 Å². The lowest BCUT2D eigenvalue weighted by Gasteiger charge is -2.07. The van der Waals surface area contributed by atoms with Gasteiger partial charge in [-0.05, 0) is 39.6 Å². The van der Waals surface area contributed by atoms with Crippen LogP contribution in [0.25, 0.3) is 10.6 Å². The van der Waals surface area contributed by atoms with E-state index in [9.17, 15) is 8.78 Å². The van der Waals surface area contributed by atoms with Gasteiger partial charge in [0.1, 0.15) is 10.8 Å². The van der Waals surface area contributed by atoms with Gasteiger partial charge in [-0.1, -0.05) is 12.1 Å². The Balaban J connectivity index is 2.40. The van der Waals surface area contributed by atoms with E-state index in [0.29, 0.717) is 15.3 Å². The van der Waals surface area contributed by atoms with E-state index >= 15 is 0 Å². The third kappa shape index (κ3) is 2.53. The van der Waals surface area contributed by atoms with Gasteiger partial charge in [-0.15, -0.1) is 0 Å². The number of para-hydroxylation sites is 1. The van der Waals surface area contributed by atoms with Gasteiger partial charge in [-0.2, -0.15) is 13.2 Å². The van der Waals surface area contributed by atoms with Gasteiger partial charge in [0.25, 0.3) is 0 Å². The summed E-state index contributed by atoms with van der Waals surface area (Å²) in [5.41, 5.74) is 0.506. The molecule has 1 aromatic carbocycles. The molecule has 16 heavy (non-hydrogen) atoms. The Morgan fingerprint density at radius 1 is 1.31 bits per heavy atom. The first kappa shape index (κ1) is 11.4. The highest BCUT2D eigenvalue weighted by atomic mass is 79.9. The van der Waals surface area contributed by atoms with E-state index in [1.165, 1.54) is 6.07 Å². The Morgan fingerprint density at radius 3 is 2.69 bits per heavy atom. The number of nitrogens with zero attached hydrogens (tertiary/aromatic N) is 2. The number of ether oxygens (including phenoxy) is 1. The van der Waals surface area contributed by atoms with E-state index in [1.54, 1.807) is 18.2 Å². The minimum atomic E-state index is -2.85. The fourth-order valence-electron chi connectivity index (χ4n) is 1.16. The molecule has 0 saturated heterocycles. The third-order valence-corrected chi connectivity index (χ3v) is 3.07. The first-order chi connectivity index (χ1) is 7.66. The molecule has 0 aliphatic heterocycles. The number of halogens is 3. The number of benzene rings is 1. The smallest absolute Gasteiger partial charge is 0.387 e.